The summed E-state index contributed by atoms with van der Waals surface area (Å²) in [6.45, 7) is 4.58. The topological polar surface area (TPSA) is 37.3 Å². The van der Waals surface area contributed by atoms with Gasteiger partial charge in [0.25, 0.3) is 0 Å². The second kappa shape index (κ2) is 12.4. The summed E-state index contributed by atoms with van der Waals surface area (Å²) in [5, 5.41) is 10.8. The summed E-state index contributed by atoms with van der Waals surface area (Å²) in [4.78, 5) is 10.6. The van der Waals surface area contributed by atoms with Crippen molar-refractivity contribution < 1.29 is 9.90 Å². The second-order valence-corrected chi connectivity index (χ2v) is 9.95. The van der Waals surface area contributed by atoms with Crippen molar-refractivity contribution in [1.82, 2.24) is 0 Å². The van der Waals surface area contributed by atoms with Gasteiger partial charge in [0.05, 0.1) is 6.42 Å². The zero-order chi connectivity index (χ0) is 16.9. The monoisotopic (exact) mass is 420 g/mol. The van der Waals surface area contributed by atoms with E-state index in [1.165, 1.54) is 25.7 Å². The van der Waals surface area contributed by atoms with Crippen molar-refractivity contribution in [3.05, 3.63) is 48.0 Å². The molecule has 0 fully saturated rings. The molecule has 2 rings (SSSR count). The van der Waals surface area contributed by atoms with Crippen LogP contribution in [0.3, 0.4) is 0 Å². The summed E-state index contributed by atoms with van der Waals surface area (Å²) in [7, 11) is 0. The Labute approximate surface area is 150 Å². The third-order valence-electron chi connectivity index (χ3n) is 3.64. The maximum Gasteiger partial charge on any atom is 0.307 e. The van der Waals surface area contributed by atoms with Crippen LogP contribution in [0.2, 0.25) is 8.87 Å². The molecule has 0 saturated heterocycles. The number of rotatable bonds is 8. The molecular formula is C20H28O2Sn. The van der Waals surface area contributed by atoms with Gasteiger partial charge in [-0.2, -0.15) is 0 Å². The van der Waals surface area contributed by atoms with Crippen molar-refractivity contribution in [3.8, 4) is 0 Å². The van der Waals surface area contributed by atoms with Gasteiger partial charge in [0.2, 0.25) is 0 Å². The van der Waals surface area contributed by atoms with E-state index in [2.05, 4.69) is 13.8 Å². The number of benzene rings is 2. The molecule has 2 aromatic carbocycles. The molecule has 0 aliphatic heterocycles. The second-order valence-electron chi connectivity index (χ2n) is 5.67. The van der Waals surface area contributed by atoms with Crippen LogP contribution in [-0.4, -0.2) is 32.2 Å². The van der Waals surface area contributed by atoms with E-state index in [-0.39, 0.29) is 27.6 Å². The molecule has 0 aliphatic carbocycles. The molecule has 0 aliphatic rings. The normalized spacial score (nSPS) is 10.2. The SMILES string of the molecule is CCC[CH2][Sn][CH2]CCC.O=C(O)Cc1cccc2ccccc12. The Balaban J connectivity index is 0.000000257. The van der Waals surface area contributed by atoms with Gasteiger partial charge in [0.1, 0.15) is 0 Å². The van der Waals surface area contributed by atoms with Crippen LogP contribution < -0.4 is 0 Å². The van der Waals surface area contributed by atoms with E-state index in [4.69, 9.17) is 5.11 Å². The van der Waals surface area contributed by atoms with Gasteiger partial charge in [-0.25, -0.2) is 0 Å². The maximum absolute atomic E-state index is 10.6. The molecule has 23 heavy (non-hydrogen) atoms. The number of carbonyl (C=O) groups is 1. The van der Waals surface area contributed by atoms with Gasteiger partial charge >= 0.3 is 75.5 Å². The van der Waals surface area contributed by atoms with Crippen molar-refractivity contribution in [2.24, 2.45) is 0 Å². The predicted molar refractivity (Wildman–Crippen MR) is 100 cm³/mol. The van der Waals surface area contributed by atoms with Gasteiger partial charge in [-0.1, -0.05) is 42.5 Å². The van der Waals surface area contributed by atoms with E-state index in [9.17, 15) is 4.79 Å². The van der Waals surface area contributed by atoms with Crippen molar-refractivity contribution in [2.45, 2.75) is 54.8 Å². The molecule has 3 heteroatoms. The van der Waals surface area contributed by atoms with Crippen LogP contribution in [-0.2, 0) is 11.2 Å². The Morgan fingerprint density at radius 1 is 0.957 bits per heavy atom. The van der Waals surface area contributed by atoms with E-state index in [1.54, 1.807) is 8.87 Å². The molecular weight excluding hydrogens is 391 g/mol. The number of aliphatic carboxylic acids is 1. The molecule has 0 aromatic heterocycles. The van der Waals surface area contributed by atoms with Crippen LogP contribution in [0.5, 0.6) is 0 Å². The van der Waals surface area contributed by atoms with Crippen molar-refractivity contribution >= 4 is 37.9 Å². The molecule has 0 saturated carbocycles. The molecule has 0 atom stereocenters. The van der Waals surface area contributed by atoms with Crippen LogP contribution in [0.1, 0.15) is 45.1 Å². The molecule has 0 unspecified atom stereocenters. The first-order valence-corrected chi connectivity index (χ1v) is 12.6. The van der Waals surface area contributed by atoms with Crippen LogP contribution in [0.15, 0.2) is 42.5 Å². The van der Waals surface area contributed by atoms with Crippen molar-refractivity contribution in [3.63, 3.8) is 0 Å². The van der Waals surface area contributed by atoms with Crippen LogP contribution >= 0.6 is 0 Å². The minimum Gasteiger partial charge on any atom is -0.481 e. The third kappa shape index (κ3) is 8.40. The minimum atomic E-state index is -0.790. The van der Waals surface area contributed by atoms with Crippen molar-refractivity contribution in [2.75, 3.05) is 0 Å². The predicted octanol–water partition coefficient (Wildman–Crippen LogP) is 5.59. The Kier molecular flexibility index (Phi) is 10.8. The van der Waals surface area contributed by atoms with Gasteiger partial charge in [-0.3, -0.25) is 4.79 Å². The molecule has 2 radical (unpaired) electrons. The minimum absolute atomic E-state index is 0.0847. The molecule has 0 bridgehead atoms. The van der Waals surface area contributed by atoms with E-state index >= 15 is 0 Å². The Morgan fingerprint density at radius 3 is 2.17 bits per heavy atom. The molecule has 0 heterocycles. The molecule has 2 nitrogen and oxygen atoms in total. The third-order valence-corrected chi connectivity index (χ3v) is 7.67. The number of carboxylic acids is 1. The quantitative estimate of drug-likeness (QED) is 0.447. The largest absolute Gasteiger partial charge is 0.481 e. The molecule has 124 valence electrons. The summed E-state index contributed by atoms with van der Waals surface area (Å²) < 4.78 is 3.25. The van der Waals surface area contributed by atoms with Gasteiger partial charge < -0.3 is 5.11 Å². The Hall–Kier alpha value is -1.03. The van der Waals surface area contributed by atoms with Gasteiger partial charge in [-0.15, -0.1) is 0 Å². The summed E-state index contributed by atoms with van der Waals surface area (Å²) in [5.74, 6) is -0.790. The first kappa shape index (κ1) is 20.0. The fourth-order valence-electron chi connectivity index (χ4n) is 2.34. The van der Waals surface area contributed by atoms with Crippen LogP contribution in [0, 0.1) is 0 Å². The molecule has 0 spiro atoms. The average Bonchev–Trinajstić information content (AvgIpc) is 2.55. The average molecular weight is 419 g/mol. The smallest absolute Gasteiger partial charge is 0.307 e. The summed E-state index contributed by atoms with van der Waals surface area (Å²) in [6.07, 6.45) is 5.92. The van der Waals surface area contributed by atoms with Crippen LogP contribution in [0.25, 0.3) is 10.8 Å². The molecule has 2 aromatic rings. The summed E-state index contributed by atoms with van der Waals surface area (Å²) >= 11 is 0.149. The molecule has 1 N–H and O–H groups in total. The Bertz CT molecular complexity index is 569. The fraction of sp³-hybridized carbons (Fsp3) is 0.450. The van der Waals surface area contributed by atoms with Crippen LogP contribution in [0.4, 0.5) is 0 Å². The van der Waals surface area contributed by atoms with E-state index in [0.717, 1.165) is 16.3 Å². The van der Waals surface area contributed by atoms with Gasteiger partial charge in [0.15, 0.2) is 0 Å². The zero-order valence-electron chi connectivity index (χ0n) is 14.3. The number of fused-ring (bicyclic) bond motifs is 1. The Morgan fingerprint density at radius 2 is 1.57 bits per heavy atom. The van der Waals surface area contributed by atoms with Gasteiger partial charge in [0, 0.05) is 0 Å². The van der Waals surface area contributed by atoms with E-state index in [0.29, 0.717) is 0 Å². The fourth-order valence-corrected chi connectivity index (χ4v) is 6.50. The number of hydrogen-bond donors (Lipinski definition) is 1. The standard InChI is InChI=1S/C12H10O2.2C4H9.Sn/c13-12(14)8-10-6-3-5-9-4-1-2-7-11(9)10;2*1-3-4-2;/h1-7H,8H2,(H,13,14);2*1,3-4H2,2H3;. The van der Waals surface area contributed by atoms with E-state index in [1.807, 2.05) is 42.5 Å². The van der Waals surface area contributed by atoms with E-state index < -0.39 is 5.97 Å². The van der Waals surface area contributed by atoms with Gasteiger partial charge in [-0.05, 0) is 16.3 Å². The summed E-state index contributed by atoms with van der Waals surface area (Å²) in [6, 6.07) is 13.5. The van der Waals surface area contributed by atoms with Crippen molar-refractivity contribution in [1.29, 1.82) is 0 Å². The first-order chi connectivity index (χ1) is 11.2. The summed E-state index contributed by atoms with van der Waals surface area (Å²) in [5.41, 5.74) is 0.871. The molecule has 0 amide bonds. The zero-order valence-corrected chi connectivity index (χ0v) is 17.2. The number of hydrogen-bond acceptors (Lipinski definition) is 1. The maximum atomic E-state index is 10.6. The first-order valence-electron chi connectivity index (χ1n) is 8.58. The number of unbranched alkanes of at least 4 members (excludes halogenated alkanes) is 2. The number of carboxylic acid groups (broad SMARTS) is 1.